The van der Waals surface area contributed by atoms with E-state index in [0.29, 0.717) is 12.5 Å². The summed E-state index contributed by atoms with van der Waals surface area (Å²) in [4.78, 5) is 15.4. The first-order valence-corrected chi connectivity index (χ1v) is 11.7. The first kappa shape index (κ1) is 20.5. The fourth-order valence-corrected chi connectivity index (χ4v) is 5.33. The van der Waals surface area contributed by atoms with Gasteiger partial charge in [0.05, 0.1) is 28.1 Å². The Labute approximate surface area is 177 Å². The first-order chi connectivity index (χ1) is 13.9. The van der Waals surface area contributed by atoms with Crippen LogP contribution in [-0.2, 0) is 17.8 Å². The summed E-state index contributed by atoms with van der Waals surface area (Å²) in [6.45, 7) is 12.6. The van der Waals surface area contributed by atoms with Crippen molar-refractivity contribution in [1.82, 2.24) is 15.0 Å². The highest BCUT2D eigenvalue weighted by molar-refractivity contribution is 7.26. The zero-order valence-electron chi connectivity index (χ0n) is 18.3. The molecule has 1 N–H and O–H groups in total. The normalized spacial score (nSPS) is 15.9. The molecular formula is C23H32N4OS. The monoisotopic (exact) mass is 412 g/mol. The fourth-order valence-electron chi connectivity index (χ4n) is 4.19. The molecule has 0 aliphatic carbocycles. The quantitative estimate of drug-likeness (QED) is 0.468. The molecule has 3 aromatic heterocycles. The molecule has 0 fully saturated rings. The number of thiophene rings is 1. The second-order valence-corrected chi connectivity index (χ2v) is 10.0. The van der Waals surface area contributed by atoms with E-state index in [1.54, 1.807) is 17.7 Å². The van der Waals surface area contributed by atoms with E-state index in [-0.39, 0.29) is 5.60 Å². The zero-order chi connectivity index (χ0) is 20.6. The number of rotatable bonds is 7. The number of aromatic nitrogens is 3. The Morgan fingerprint density at radius 3 is 2.76 bits per heavy atom. The van der Waals surface area contributed by atoms with Crippen LogP contribution in [-0.4, -0.2) is 27.1 Å². The standard InChI is InChI=1S/C23H32N4OS/c1-6-7-8-9-10-24-21-20-19(25-13-26-21)17-15-11-23(4,5)28-12-16(15)18(14(2)3)27-22(17)29-20/h13-14H,6-12H2,1-5H3,(H,24,25,26). The third-order valence-electron chi connectivity index (χ3n) is 5.73. The minimum atomic E-state index is -0.169. The average Bonchev–Trinajstić information content (AvgIpc) is 3.06. The van der Waals surface area contributed by atoms with Gasteiger partial charge < -0.3 is 10.1 Å². The smallest absolute Gasteiger partial charge is 0.147 e. The molecule has 4 heterocycles. The maximum atomic E-state index is 6.15. The van der Waals surface area contributed by atoms with E-state index < -0.39 is 0 Å². The van der Waals surface area contributed by atoms with Crippen LogP contribution in [0, 0.1) is 0 Å². The number of hydrogen-bond donors (Lipinski definition) is 1. The highest BCUT2D eigenvalue weighted by Crippen LogP contribution is 2.43. The van der Waals surface area contributed by atoms with E-state index in [1.165, 1.54) is 42.2 Å². The van der Waals surface area contributed by atoms with Crippen LogP contribution in [0.1, 0.15) is 83.0 Å². The summed E-state index contributed by atoms with van der Waals surface area (Å²) in [5.74, 6) is 1.31. The van der Waals surface area contributed by atoms with E-state index in [1.807, 2.05) is 0 Å². The number of ether oxygens (including phenoxy) is 1. The Kier molecular flexibility index (Phi) is 5.76. The molecule has 0 bridgehead atoms. The lowest BCUT2D eigenvalue weighted by atomic mass is 9.87. The van der Waals surface area contributed by atoms with Gasteiger partial charge in [0.25, 0.3) is 0 Å². The summed E-state index contributed by atoms with van der Waals surface area (Å²) in [7, 11) is 0. The summed E-state index contributed by atoms with van der Waals surface area (Å²) in [5, 5.41) is 4.75. The van der Waals surface area contributed by atoms with E-state index in [9.17, 15) is 0 Å². The zero-order valence-corrected chi connectivity index (χ0v) is 19.1. The predicted octanol–water partition coefficient (Wildman–Crippen LogP) is 6.21. The van der Waals surface area contributed by atoms with E-state index in [2.05, 4.69) is 44.9 Å². The lowest BCUT2D eigenvalue weighted by molar-refractivity contribution is -0.0402. The molecule has 0 radical (unpaired) electrons. The summed E-state index contributed by atoms with van der Waals surface area (Å²) in [6.07, 6.45) is 7.54. The van der Waals surface area contributed by atoms with Crippen molar-refractivity contribution in [3.05, 3.63) is 23.1 Å². The van der Waals surface area contributed by atoms with E-state index >= 15 is 0 Å². The van der Waals surface area contributed by atoms with Gasteiger partial charge in [-0.2, -0.15) is 0 Å². The lowest BCUT2D eigenvalue weighted by Crippen LogP contribution is -2.32. The molecule has 1 aliphatic rings. The molecule has 0 amide bonds. The molecule has 0 aromatic carbocycles. The van der Waals surface area contributed by atoms with Crippen molar-refractivity contribution in [1.29, 1.82) is 0 Å². The van der Waals surface area contributed by atoms with E-state index in [4.69, 9.17) is 14.7 Å². The molecule has 3 aromatic rings. The van der Waals surface area contributed by atoms with Crippen LogP contribution in [0.4, 0.5) is 5.82 Å². The molecule has 156 valence electrons. The minimum Gasteiger partial charge on any atom is -0.370 e. The number of hydrogen-bond acceptors (Lipinski definition) is 6. The molecule has 0 unspecified atom stereocenters. The Morgan fingerprint density at radius 1 is 1.17 bits per heavy atom. The van der Waals surface area contributed by atoms with Gasteiger partial charge in [-0.15, -0.1) is 11.3 Å². The summed E-state index contributed by atoms with van der Waals surface area (Å²) < 4.78 is 7.27. The van der Waals surface area contributed by atoms with Crippen molar-refractivity contribution in [2.45, 2.75) is 84.8 Å². The number of unbranched alkanes of at least 4 members (excludes halogenated alkanes) is 3. The second-order valence-electron chi connectivity index (χ2n) is 9.00. The average molecular weight is 413 g/mol. The van der Waals surface area contributed by atoms with Crippen molar-refractivity contribution in [3.63, 3.8) is 0 Å². The van der Waals surface area contributed by atoms with Crippen molar-refractivity contribution in [3.8, 4) is 0 Å². The van der Waals surface area contributed by atoms with Crippen molar-refractivity contribution in [2.75, 3.05) is 11.9 Å². The van der Waals surface area contributed by atoms with Crippen LogP contribution in [0.15, 0.2) is 6.33 Å². The fraction of sp³-hybridized carbons (Fsp3) is 0.609. The number of nitrogens with one attached hydrogen (secondary N) is 1. The van der Waals surface area contributed by atoms with Gasteiger partial charge in [-0.1, -0.05) is 40.0 Å². The summed E-state index contributed by atoms with van der Waals surface area (Å²) in [5.41, 5.74) is 4.66. The predicted molar refractivity (Wildman–Crippen MR) is 122 cm³/mol. The van der Waals surface area contributed by atoms with Crippen molar-refractivity contribution >= 4 is 37.6 Å². The highest BCUT2D eigenvalue weighted by atomic mass is 32.1. The van der Waals surface area contributed by atoms with Crippen LogP contribution in [0.5, 0.6) is 0 Å². The Hall–Kier alpha value is -1.79. The minimum absolute atomic E-state index is 0.169. The van der Waals surface area contributed by atoms with Gasteiger partial charge in [-0.3, -0.25) is 0 Å². The van der Waals surface area contributed by atoms with Gasteiger partial charge in [-0.25, -0.2) is 15.0 Å². The molecule has 29 heavy (non-hydrogen) atoms. The maximum absolute atomic E-state index is 6.15. The molecule has 0 spiro atoms. The van der Waals surface area contributed by atoms with Crippen LogP contribution in [0.3, 0.4) is 0 Å². The lowest BCUT2D eigenvalue weighted by Gasteiger charge is -2.33. The second kappa shape index (κ2) is 8.15. The third-order valence-corrected chi connectivity index (χ3v) is 6.81. The van der Waals surface area contributed by atoms with Crippen LogP contribution in [0.25, 0.3) is 20.4 Å². The van der Waals surface area contributed by atoms with E-state index in [0.717, 1.165) is 39.5 Å². The van der Waals surface area contributed by atoms with Crippen molar-refractivity contribution in [2.24, 2.45) is 0 Å². The SMILES string of the molecule is CCCCCCNc1ncnc2c1sc1nc(C(C)C)c3c(c12)CC(C)(C)OC3. The molecule has 1 aliphatic heterocycles. The molecule has 4 rings (SSSR count). The Balaban J connectivity index is 1.81. The van der Waals surface area contributed by atoms with Gasteiger partial charge in [0.2, 0.25) is 0 Å². The molecule has 6 heteroatoms. The van der Waals surface area contributed by atoms with Gasteiger partial charge >= 0.3 is 0 Å². The molecule has 5 nitrogen and oxygen atoms in total. The third kappa shape index (κ3) is 3.97. The topological polar surface area (TPSA) is 59.9 Å². The highest BCUT2D eigenvalue weighted by Gasteiger charge is 2.32. The van der Waals surface area contributed by atoms with Gasteiger partial charge in [0.15, 0.2) is 0 Å². The van der Waals surface area contributed by atoms with Crippen molar-refractivity contribution < 1.29 is 4.74 Å². The van der Waals surface area contributed by atoms with Crippen LogP contribution < -0.4 is 5.32 Å². The number of pyridine rings is 1. The number of nitrogens with zero attached hydrogens (tertiary/aromatic N) is 3. The molecule has 0 saturated heterocycles. The molecule has 0 saturated carbocycles. The van der Waals surface area contributed by atoms with Gasteiger partial charge in [0.1, 0.15) is 17.0 Å². The Morgan fingerprint density at radius 2 is 2.00 bits per heavy atom. The molecular weight excluding hydrogens is 380 g/mol. The van der Waals surface area contributed by atoms with Gasteiger partial charge in [-0.05, 0) is 31.7 Å². The number of fused-ring (bicyclic) bond motifs is 5. The summed E-state index contributed by atoms with van der Waals surface area (Å²) in [6, 6.07) is 0. The van der Waals surface area contributed by atoms with Crippen LogP contribution in [0.2, 0.25) is 0 Å². The summed E-state index contributed by atoms with van der Waals surface area (Å²) >= 11 is 1.72. The van der Waals surface area contributed by atoms with Gasteiger partial charge in [0, 0.05) is 23.9 Å². The maximum Gasteiger partial charge on any atom is 0.147 e. The molecule has 0 atom stereocenters. The Bertz CT molecular complexity index is 1020. The number of anilines is 1. The van der Waals surface area contributed by atoms with Crippen LogP contribution >= 0.6 is 11.3 Å². The largest absolute Gasteiger partial charge is 0.370 e. The first-order valence-electron chi connectivity index (χ1n) is 10.9.